The van der Waals surface area contributed by atoms with E-state index in [1.165, 1.54) is 23.8 Å². The van der Waals surface area contributed by atoms with Crippen LogP contribution in [0.1, 0.15) is 43.2 Å². The SMILES string of the molecule is COCCNCc1ccc(-c2cc3nccc(Oc4ccc(CC(=O)OC5CCCCC5)cc4F)c3s2)nc1. The van der Waals surface area contributed by atoms with Crippen LogP contribution in [0.3, 0.4) is 0 Å². The Bertz CT molecular complexity index is 1400. The molecular formula is C30H32FN3O4S. The third-order valence-corrected chi connectivity index (χ3v) is 7.84. The van der Waals surface area contributed by atoms with E-state index in [1.54, 1.807) is 31.5 Å². The second kappa shape index (κ2) is 13.1. The van der Waals surface area contributed by atoms with Gasteiger partial charge in [0, 0.05) is 38.7 Å². The van der Waals surface area contributed by atoms with Gasteiger partial charge in [-0.1, -0.05) is 18.6 Å². The molecule has 3 aromatic heterocycles. The van der Waals surface area contributed by atoms with Gasteiger partial charge in [0.2, 0.25) is 0 Å². The number of fused-ring (bicyclic) bond motifs is 1. The Labute approximate surface area is 231 Å². The van der Waals surface area contributed by atoms with Gasteiger partial charge >= 0.3 is 5.97 Å². The van der Waals surface area contributed by atoms with E-state index < -0.39 is 5.82 Å². The highest BCUT2D eigenvalue weighted by molar-refractivity contribution is 7.22. The van der Waals surface area contributed by atoms with Gasteiger partial charge in [0.1, 0.15) is 11.9 Å². The largest absolute Gasteiger partial charge is 0.462 e. The molecule has 204 valence electrons. The third-order valence-electron chi connectivity index (χ3n) is 6.68. The van der Waals surface area contributed by atoms with Crippen LogP contribution in [0.2, 0.25) is 0 Å². The predicted octanol–water partition coefficient (Wildman–Crippen LogP) is 6.44. The van der Waals surface area contributed by atoms with Crippen LogP contribution in [0.15, 0.2) is 54.9 Å². The van der Waals surface area contributed by atoms with Crippen molar-refractivity contribution in [2.45, 2.75) is 51.2 Å². The Morgan fingerprint density at radius 2 is 1.90 bits per heavy atom. The van der Waals surface area contributed by atoms with Gasteiger partial charge in [0.05, 0.1) is 33.8 Å². The van der Waals surface area contributed by atoms with Gasteiger partial charge < -0.3 is 19.5 Å². The molecule has 7 nitrogen and oxygen atoms in total. The quantitative estimate of drug-likeness (QED) is 0.170. The van der Waals surface area contributed by atoms with Crippen LogP contribution >= 0.6 is 11.3 Å². The molecule has 0 bridgehead atoms. The number of rotatable bonds is 11. The number of carbonyl (C=O) groups excluding carboxylic acids is 1. The second-order valence-corrected chi connectivity index (χ2v) is 10.7. The van der Waals surface area contributed by atoms with Crippen LogP contribution in [0.25, 0.3) is 20.8 Å². The van der Waals surface area contributed by atoms with Crippen molar-refractivity contribution >= 4 is 27.5 Å². The van der Waals surface area contributed by atoms with Crippen LogP contribution < -0.4 is 10.1 Å². The van der Waals surface area contributed by atoms with E-state index in [0.29, 0.717) is 24.5 Å². The van der Waals surface area contributed by atoms with E-state index in [1.807, 2.05) is 24.4 Å². The van der Waals surface area contributed by atoms with E-state index in [0.717, 1.165) is 58.6 Å². The van der Waals surface area contributed by atoms with Gasteiger partial charge in [0.15, 0.2) is 11.6 Å². The first-order valence-corrected chi connectivity index (χ1v) is 14.1. The number of pyridine rings is 2. The summed E-state index contributed by atoms with van der Waals surface area (Å²) in [6, 6.07) is 12.3. The van der Waals surface area contributed by atoms with Crippen molar-refractivity contribution in [3.8, 4) is 22.1 Å². The number of ether oxygens (including phenoxy) is 3. The fourth-order valence-electron chi connectivity index (χ4n) is 4.64. The van der Waals surface area contributed by atoms with Crippen LogP contribution in [-0.4, -0.2) is 42.3 Å². The van der Waals surface area contributed by atoms with Crippen molar-refractivity contribution < 1.29 is 23.4 Å². The Morgan fingerprint density at radius 3 is 2.67 bits per heavy atom. The summed E-state index contributed by atoms with van der Waals surface area (Å²) in [6.07, 6.45) is 8.70. The maximum atomic E-state index is 15.0. The van der Waals surface area contributed by atoms with Crippen molar-refractivity contribution in [3.05, 3.63) is 71.8 Å². The zero-order valence-electron chi connectivity index (χ0n) is 22.0. The average molecular weight is 550 g/mol. The molecule has 4 aromatic rings. The Morgan fingerprint density at radius 1 is 1.05 bits per heavy atom. The smallest absolute Gasteiger partial charge is 0.310 e. The summed E-state index contributed by atoms with van der Waals surface area (Å²) in [7, 11) is 1.68. The maximum absolute atomic E-state index is 15.0. The fourth-order valence-corrected chi connectivity index (χ4v) is 5.68. The predicted molar refractivity (Wildman–Crippen MR) is 150 cm³/mol. The summed E-state index contributed by atoms with van der Waals surface area (Å²) in [4.78, 5) is 22.3. The average Bonchev–Trinajstić information content (AvgIpc) is 3.39. The molecule has 0 radical (unpaired) electrons. The zero-order valence-corrected chi connectivity index (χ0v) is 22.8. The molecule has 1 fully saturated rings. The topological polar surface area (TPSA) is 82.6 Å². The van der Waals surface area contributed by atoms with E-state index in [-0.39, 0.29) is 24.2 Å². The fraction of sp³-hybridized carbons (Fsp3) is 0.367. The summed E-state index contributed by atoms with van der Waals surface area (Å²) in [5, 5.41) is 3.31. The summed E-state index contributed by atoms with van der Waals surface area (Å²) >= 11 is 1.49. The molecule has 5 rings (SSSR count). The molecule has 1 N–H and O–H groups in total. The van der Waals surface area contributed by atoms with E-state index in [4.69, 9.17) is 14.2 Å². The van der Waals surface area contributed by atoms with Crippen LogP contribution in [0, 0.1) is 5.82 Å². The number of benzene rings is 1. The normalized spacial score (nSPS) is 14.0. The van der Waals surface area contributed by atoms with Crippen molar-refractivity contribution in [2.24, 2.45) is 0 Å². The lowest BCUT2D eigenvalue weighted by Gasteiger charge is -2.21. The second-order valence-electron chi connectivity index (χ2n) is 9.65. The Hall–Kier alpha value is -3.40. The highest BCUT2D eigenvalue weighted by Gasteiger charge is 2.19. The molecule has 0 spiro atoms. The van der Waals surface area contributed by atoms with Crippen molar-refractivity contribution in [2.75, 3.05) is 20.3 Å². The molecule has 39 heavy (non-hydrogen) atoms. The molecule has 0 amide bonds. The molecule has 1 saturated carbocycles. The number of esters is 1. The Kier molecular flexibility index (Phi) is 9.13. The van der Waals surface area contributed by atoms with Crippen molar-refractivity contribution in [1.29, 1.82) is 0 Å². The number of nitrogens with one attached hydrogen (secondary N) is 1. The summed E-state index contributed by atoms with van der Waals surface area (Å²) < 4.78 is 32.4. The molecule has 0 atom stereocenters. The van der Waals surface area contributed by atoms with Crippen LogP contribution in [-0.2, 0) is 27.2 Å². The van der Waals surface area contributed by atoms with E-state index >= 15 is 0 Å². The standard InChI is InChI=1S/C30H32FN3O4S/c1-36-14-13-32-18-21-7-9-24(34-19-21)28-17-25-30(39-28)27(11-12-33-25)38-26-10-8-20(15-23(26)31)16-29(35)37-22-5-3-2-4-6-22/h7-12,15,17,19,22,32H,2-6,13-14,16,18H2,1H3. The molecule has 0 unspecified atom stereocenters. The lowest BCUT2D eigenvalue weighted by atomic mass is 9.98. The Balaban J connectivity index is 1.25. The van der Waals surface area contributed by atoms with Gasteiger partial charge in [-0.2, -0.15) is 0 Å². The summed E-state index contributed by atoms with van der Waals surface area (Å²) in [5.74, 6) is -0.249. The number of thiophene rings is 1. The number of nitrogens with zero attached hydrogens (tertiary/aromatic N) is 2. The first-order chi connectivity index (χ1) is 19.1. The minimum Gasteiger partial charge on any atom is -0.462 e. The monoisotopic (exact) mass is 549 g/mol. The maximum Gasteiger partial charge on any atom is 0.310 e. The van der Waals surface area contributed by atoms with Gasteiger partial charge in [-0.3, -0.25) is 14.8 Å². The highest BCUT2D eigenvalue weighted by Crippen LogP contribution is 2.39. The van der Waals surface area contributed by atoms with Gasteiger partial charge in [0.25, 0.3) is 0 Å². The van der Waals surface area contributed by atoms with Crippen LogP contribution in [0.5, 0.6) is 11.5 Å². The molecule has 3 heterocycles. The van der Waals surface area contributed by atoms with Gasteiger partial charge in [-0.15, -0.1) is 11.3 Å². The number of hydrogen-bond acceptors (Lipinski definition) is 8. The van der Waals surface area contributed by atoms with E-state index in [9.17, 15) is 9.18 Å². The lowest BCUT2D eigenvalue weighted by molar-refractivity contribution is -0.149. The minimum absolute atomic E-state index is 0.0141. The first-order valence-electron chi connectivity index (χ1n) is 13.3. The summed E-state index contributed by atoms with van der Waals surface area (Å²) in [5.41, 5.74) is 3.23. The molecule has 1 aromatic carbocycles. The summed E-state index contributed by atoms with van der Waals surface area (Å²) in [6.45, 7) is 2.15. The lowest BCUT2D eigenvalue weighted by Crippen LogP contribution is -2.21. The van der Waals surface area contributed by atoms with Gasteiger partial charge in [-0.25, -0.2) is 4.39 Å². The molecular weight excluding hydrogens is 517 g/mol. The number of carbonyl (C=O) groups is 1. The molecule has 1 aliphatic rings. The zero-order chi connectivity index (χ0) is 27.0. The molecule has 0 saturated heterocycles. The number of aromatic nitrogens is 2. The van der Waals surface area contributed by atoms with Crippen molar-refractivity contribution in [1.82, 2.24) is 15.3 Å². The molecule has 1 aliphatic carbocycles. The van der Waals surface area contributed by atoms with E-state index in [2.05, 4.69) is 15.3 Å². The van der Waals surface area contributed by atoms with Gasteiger partial charge in [-0.05, 0) is 61.1 Å². The van der Waals surface area contributed by atoms with Crippen LogP contribution in [0.4, 0.5) is 4.39 Å². The number of hydrogen-bond donors (Lipinski definition) is 1. The molecule has 9 heteroatoms. The highest BCUT2D eigenvalue weighted by atomic mass is 32.1. The number of halogens is 1. The minimum atomic E-state index is -0.531. The molecule has 0 aliphatic heterocycles. The number of methoxy groups -OCH3 is 1. The first kappa shape index (κ1) is 27.2. The third kappa shape index (κ3) is 7.17. The van der Waals surface area contributed by atoms with Crippen molar-refractivity contribution in [3.63, 3.8) is 0 Å².